The highest BCUT2D eigenvalue weighted by atomic mass is 16.7. The fourth-order valence-electron chi connectivity index (χ4n) is 6.57. The molecule has 7 N–H and O–H groups in total. The predicted molar refractivity (Wildman–Crippen MR) is 209 cm³/mol. The van der Waals surface area contributed by atoms with Crippen molar-refractivity contribution in [3.8, 4) is 0 Å². The molecule has 1 saturated heterocycles. The molecule has 10 nitrogen and oxygen atoms in total. The van der Waals surface area contributed by atoms with Crippen LogP contribution in [0.5, 0.6) is 0 Å². The summed E-state index contributed by atoms with van der Waals surface area (Å²) < 4.78 is 11.1. The van der Waals surface area contributed by atoms with Crippen molar-refractivity contribution in [3.63, 3.8) is 0 Å². The summed E-state index contributed by atoms with van der Waals surface area (Å²) in [5, 5.41) is 64.4. The third kappa shape index (κ3) is 23.4. The molecule has 1 fully saturated rings. The molecule has 52 heavy (non-hydrogen) atoms. The van der Waals surface area contributed by atoms with Gasteiger partial charge in [0.15, 0.2) is 6.29 Å². The monoisotopic (exact) mass is 742 g/mol. The molecule has 8 unspecified atom stereocenters. The van der Waals surface area contributed by atoms with Crippen LogP contribution in [0.2, 0.25) is 0 Å². The Morgan fingerprint density at radius 3 is 1.62 bits per heavy atom. The molecular formula is C42H79NO9. The Morgan fingerprint density at radius 2 is 1.12 bits per heavy atom. The highest BCUT2D eigenvalue weighted by molar-refractivity contribution is 5.80. The largest absolute Gasteiger partial charge is 0.394 e. The summed E-state index contributed by atoms with van der Waals surface area (Å²) in [5.74, 6) is -0.627. The summed E-state index contributed by atoms with van der Waals surface area (Å²) >= 11 is 0. The van der Waals surface area contributed by atoms with Crippen molar-refractivity contribution in [1.82, 2.24) is 5.32 Å². The maximum atomic E-state index is 13.0. The lowest BCUT2D eigenvalue weighted by Gasteiger charge is -2.40. The van der Waals surface area contributed by atoms with E-state index < -0.39 is 61.5 Å². The number of amides is 1. The van der Waals surface area contributed by atoms with Crippen molar-refractivity contribution >= 4 is 5.91 Å². The lowest BCUT2D eigenvalue weighted by atomic mass is 9.99. The Kier molecular flexibility index (Phi) is 30.9. The van der Waals surface area contributed by atoms with E-state index in [0.29, 0.717) is 12.8 Å². The minimum Gasteiger partial charge on any atom is -0.394 e. The first kappa shape index (κ1) is 48.6. The van der Waals surface area contributed by atoms with Crippen molar-refractivity contribution in [2.24, 2.45) is 0 Å². The summed E-state index contributed by atoms with van der Waals surface area (Å²) in [7, 11) is 0. The second-order valence-corrected chi connectivity index (χ2v) is 14.9. The second kappa shape index (κ2) is 33.0. The van der Waals surface area contributed by atoms with Gasteiger partial charge >= 0.3 is 0 Å². The van der Waals surface area contributed by atoms with Gasteiger partial charge in [-0.3, -0.25) is 4.79 Å². The molecule has 0 aromatic carbocycles. The molecule has 0 radical (unpaired) electrons. The third-order valence-electron chi connectivity index (χ3n) is 10.1. The smallest absolute Gasteiger partial charge is 0.249 e. The zero-order chi connectivity index (χ0) is 38.2. The lowest BCUT2D eigenvalue weighted by molar-refractivity contribution is -0.302. The first-order valence-corrected chi connectivity index (χ1v) is 21.2. The summed E-state index contributed by atoms with van der Waals surface area (Å²) in [5.41, 5.74) is 0. The van der Waals surface area contributed by atoms with Crippen LogP contribution < -0.4 is 5.32 Å². The fourth-order valence-corrected chi connectivity index (χ4v) is 6.57. The van der Waals surface area contributed by atoms with E-state index in [1.807, 2.05) is 6.08 Å². The molecule has 1 rings (SSSR count). The standard InChI is InChI=1S/C42H79NO9/c1-3-5-7-9-11-13-15-17-18-19-21-23-25-27-29-31-36(46)41(50)43-34(33-51-42-40(49)39(48)38(47)37(32-44)52-42)35(45)30-28-26-24-22-20-16-14-12-10-8-6-4-2/h18-19,28,30,34-40,42,44-49H,3-17,20-27,29,31-33H2,1-2H3,(H,43,50)/b19-18-,30-28+. The molecule has 0 aliphatic carbocycles. The zero-order valence-electron chi connectivity index (χ0n) is 32.9. The number of hydrogen-bond acceptors (Lipinski definition) is 9. The van der Waals surface area contributed by atoms with E-state index in [2.05, 4.69) is 31.3 Å². The van der Waals surface area contributed by atoms with Crippen LogP contribution in [0, 0.1) is 0 Å². The van der Waals surface area contributed by atoms with Gasteiger partial charge in [0.1, 0.15) is 30.5 Å². The van der Waals surface area contributed by atoms with Crippen LogP contribution in [0.15, 0.2) is 24.3 Å². The van der Waals surface area contributed by atoms with Gasteiger partial charge in [-0.2, -0.15) is 0 Å². The molecule has 1 aliphatic heterocycles. The SMILES string of the molecule is CCCCCCCCC/C=C\CCCCCCC(O)C(=O)NC(COC1OC(CO)C(O)C(O)C1O)C(O)/C=C/CCCCCCCCCCCC. The van der Waals surface area contributed by atoms with E-state index in [9.17, 15) is 35.4 Å². The van der Waals surface area contributed by atoms with E-state index in [0.717, 1.165) is 51.4 Å². The van der Waals surface area contributed by atoms with Gasteiger partial charge in [-0.15, -0.1) is 0 Å². The maximum absolute atomic E-state index is 13.0. The Morgan fingerprint density at radius 1 is 0.654 bits per heavy atom. The van der Waals surface area contributed by atoms with Crippen molar-refractivity contribution in [2.75, 3.05) is 13.2 Å². The van der Waals surface area contributed by atoms with E-state index in [4.69, 9.17) is 9.47 Å². The Balaban J connectivity index is 2.48. The molecule has 1 heterocycles. The molecule has 0 aromatic rings. The highest BCUT2D eigenvalue weighted by Gasteiger charge is 2.44. The fraction of sp³-hybridized carbons (Fsp3) is 0.881. The average Bonchev–Trinajstić information content (AvgIpc) is 3.14. The van der Waals surface area contributed by atoms with E-state index in [1.54, 1.807) is 6.08 Å². The van der Waals surface area contributed by atoms with Gasteiger partial charge in [-0.1, -0.05) is 154 Å². The van der Waals surface area contributed by atoms with Crippen LogP contribution >= 0.6 is 0 Å². The number of ether oxygens (including phenoxy) is 2. The van der Waals surface area contributed by atoms with E-state index in [1.165, 1.54) is 96.3 Å². The Bertz CT molecular complexity index is 886. The molecule has 1 amide bonds. The molecule has 10 heteroatoms. The number of aliphatic hydroxyl groups is 6. The molecule has 306 valence electrons. The van der Waals surface area contributed by atoms with Crippen LogP contribution in [0.3, 0.4) is 0 Å². The minimum absolute atomic E-state index is 0.297. The van der Waals surface area contributed by atoms with Gasteiger partial charge in [0.25, 0.3) is 0 Å². The highest BCUT2D eigenvalue weighted by Crippen LogP contribution is 2.22. The lowest BCUT2D eigenvalue weighted by Crippen LogP contribution is -2.60. The number of nitrogens with one attached hydrogen (secondary N) is 1. The second-order valence-electron chi connectivity index (χ2n) is 14.9. The summed E-state index contributed by atoms with van der Waals surface area (Å²) in [6.07, 6.45) is 26.9. The van der Waals surface area contributed by atoms with E-state index in [-0.39, 0.29) is 6.61 Å². The molecule has 8 atom stereocenters. The molecule has 0 saturated carbocycles. The summed E-state index contributed by atoms with van der Waals surface area (Å²) in [6, 6.07) is -0.980. The van der Waals surface area contributed by atoms with Crippen molar-refractivity contribution in [2.45, 2.75) is 223 Å². The predicted octanol–water partition coefficient (Wildman–Crippen LogP) is 6.91. The van der Waals surface area contributed by atoms with Crippen LogP contribution in [0.25, 0.3) is 0 Å². The van der Waals surface area contributed by atoms with Gasteiger partial charge in [-0.25, -0.2) is 0 Å². The van der Waals surface area contributed by atoms with Gasteiger partial charge < -0.3 is 45.4 Å². The van der Waals surface area contributed by atoms with Crippen LogP contribution in [-0.4, -0.2) is 98.7 Å². The van der Waals surface area contributed by atoms with Crippen LogP contribution in [0.1, 0.15) is 174 Å². The van der Waals surface area contributed by atoms with E-state index >= 15 is 0 Å². The summed E-state index contributed by atoms with van der Waals surface area (Å²) in [4.78, 5) is 13.0. The van der Waals surface area contributed by atoms with Crippen molar-refractivity contribution in [1.29, 1.82) is 0 Å². The quantitative estimate of drug-likeness (QED) is 0.0274. The number of rotatable bonds is 34. The maximum Gasteiger partial charge on any atom is 0.249 e. The van der Waals surface area contributed by atoms with Gasteiger partial charge in [-0.05, 0) is 44.9 Å². The minimum atomic E-state index is -1.61. The van der Waals surface area contributed by atoms with Gasteiger partial charge in [0, 0.05) is 0 Å². The topological polar surface area (TPSA) is 169 Å². The van der Waals surface area contributed by atoms with Crippen LogP contribution in [0.4, 0.5) is 0 Å². The summed E-state index contributed by atoms with van der Waals surface area (Å²) in [6.45, 7) is 3.57. The molecule has 0 bridgehead atoms. The molecule has 0 aromatic heterocycles. The molecule has 1 aliphatic rings. The number of aliphatic hydroxyl groups excluding tert-OH is 6. The van der Waals surface area contributed by atoms with Crippen molar-refractivity contribution < 1.29 is 44.9 Å². The number of hydrogen-bond donors (Lipinski definition) is 7. The van der Waals surface area contributed by atoms with Gasteiger partial charge in [0.05, 0.1) is 25.4 Å². The first-order chi connectivity index (χ1) is 25.3. The van der Waals surface area contributed by atoms with Gasteiger partial charge in [0.2, 0.25) is 5.91 Å². The van der Waals surface area contributed by atoms with Crippen molar-refractivity contribution in [3.05, 3.63) is 24.3 Å². The average molecular weight is 742 g/mol. The molecular weight excluding hydrogens is 662 g/mol. The number of carbonyl (C=O) groups excluding carboxylic acids is 1. The number of unbranched alkanes of at least 4 members (excludes halogenated alkanes) is 21. The Labute approximate surface area is 316 Å². The van der Waals surface area contributed by atoms with Crippen LogP contribution in [-0.2, 0) is 14.3 Å². The first-order valence-electron chi connectivity index (χ1n) is 21.2. The third-order valence-corrected chi connectivity index (χ3v) is 10.1. The Hall–Kier alpha value is -1.37. The number of allylic oxidation sites excluding steroid dienone is 3. The number of carbonyl (C=O) groups is 1. The molecule has 0 spiro atoms. The zero-order valence-corrected chi connectivity index (χ0v) is 32.9. The normalized spacial score (nSPS) is 22.7.